The van der Waals surface area contributed by atoms with E-state index in [0.29, 0.717) is 5.82 Å². The third kappa shape index (κ3) is 2.60. The molecule has 4 nitrogen and oxygen atoms in total. The molecule has 0 radical (unpaired) electrons. The minimum atomic E-state index is -0.0739. The smallest absolute Gasteiger partial charge is 0.257 e. The molecule has 0 saturated heterocycles. The number of carbonyl (C=O) groups excluding carboxylic acids is 1. The van der Waals surface area contributed by atoms with Gasteiger partial charge in [0.2, 0.25) is 0 Å². The number of para-hydroxylation sites is 1. The molecule has 120 valence electrons. The van der Waals surface area contributed by atoms with Gasteiger partial charge >= 0.3 is 0 Å². The van der Waals surface area contributed by atoms with Gasteiger partial charge in [-0.25, -0.2) is 4.68 Å². The monoisotopic (exact) mass is 317 g/mol. The van der Waals surface area contributed by atoms with Crippen LogP contribution in [-0.2, 0) is 12.8 Å². The van der Waals surface area contributed by atoms with Gasteiger partial charge in [0.25, 0.3) is 5.91 Å². The maximum absolute atomic E-state index is 12.7. The third-order valence-corrected chi connectivity index (χ3v) is 4.54. The third-order valence-electron chi connectivity index (χ3n) is 4.54. The van der Waals surface area contributed by atoms with Crippen molar-refractivity contribution in [3.8, 4) is 5.69 Å². The Bertz CT molecular complexity index is 897. The minimum absolute atomic E-state index is 0.0739. The van der Waals surface area contributed by atoms with Gasteiger partial charge in [0.05, 0.1) is 5.69 Å². The number of hydrogen-bond donors (Lipinski definition) is 1. The van der Waals surface area contributed by atoms with Crippen molar-refractivity contribution in [3.05, 3.63) is 77.0 Å². The van der Waals surface area contributed by atoms with Gasteiger partial charge in [-0.1, -0.05) is 30.3 Å². The molecule has 24 heavy (non-hydrogen) atoms. The first-order chi connectivity index (χ1) is 11.7. The van der Waals surface area contributed by atoms with Crippen molar-refractivity contribution in [2.24, 2.45) is 0 Å². The average molecular weight is 317 g/mol. The lowest BCUT2D eigenvalue weighted by Gasteiger charge is -2.08. The van der Waals surface area contributed by atoms with E-state index in [1.54, 1.807) is 4.68 Å². The molecule has 1 aromatic heterocycles. The van der Waals surface area contributed by atoms with Gasteiger partial charge in [-0.3, -0.25) is 4.79 Å². The average Bonchev–Trinajstić information content (AvgIpc) is 3.22. The summed E-state index contributed by atoms with van der Waals surface area (Å²) in [6, 6.07) is 15.9. The lowest BCUT2D eigenvalue weighted by atomic mass is 10.0. The van der Waals surface area contributed by atoms with Crippen LogP contribution in [-0.4, -0.2) is 15.7 Å². The molecule has 0 aliphatic heterocycles. The summed E-state index contributed by atoms with van der Waals surface area (Å²) in [5.41, 5.74) is 5.18. The van der Waals surface area contributed by atoms with Gasteiger partial charge < -0.3 is 5.32 Å². The van der Waals surface area contributed by atoms with Gasteiger partial charge in [0.15, 0.2) is 5.82 Å². The molecule has 0 spiro atoms. The fourth-order valence-electron chi connectivity index (χ4n) is 3.30. The van der Waals surface area contributed by atoms with Crippen molar-refractivity contribution in [2.75, 3.05) is 5.32 Å². The fraction of sp³-hybridized carbons (Fsp3) is 0.200. The summed E-state index contributed by atoms with van der Waals surface area (Å²) in [5, 5.41) is 7.50. The van der Waals surface area contributed by atoms with E-state index in [2.05, 4.69) is 16.5 Å². The Hall–Kier alpha value is -2.88. The van der Waals surface area contributed by atoms with Crippen LogP contribution in [0.15, 0.2) is 54.7 Å². The lowest BCUT2D eigenvalue weighted by Crippen LogP contribution is -2.15. The molecule has 1 aliphatic rings. The maximum atomic E-state index is 12.7. The molecule has 1 amide bonds. The number of fused-ring (bicyclic) bond motifs is 1. The molecule has 0 fully saturated rings. The molecule has 1 aliphatic carbocycles. The summed E-state index contributed by atoms with van der Waals surface area (Å²) in [4.78, 5) is 12.7. The Morgan fingerprint density at radius 2 is 1.92 bits per heavy atom. The van der Waals surface area contributed by atoms with Crippen molar-refractivity contribution < 1.29 is 4.79 Å². The normalized spacial score (nSPS) is 12.9. The highest BCUT2D eigenvalue weighted by atomic mass is 16.1. The Kier molecular flexibility index (Phi) is 3.65. The largest absolute Gasteiger partial charge is 0.305 e. The molecule has 4 heteroatoms. The quantitative estimate of drug-likeness (QED) is 0.796. The predicted molar refractivity (Wildman–Crippen MR) is 94.7 cm³/mol. The molecule has 1 N–H and O–H groups in total. The van der Waals surface area contributed by atoms with Crippen molar-refractivity contribution >= 4 is 11.7 Å². The van der Waals surface area contributed by atoms with Crippen LogP contribution in [0.25, 0.3) is 5.69 Å². The second kappa shape index (κ2) is 5.96. The van der Waals surface area contributed by atoms with E-state index in [4.69, 9.17) is 0 Å². The van der Waals surface area contributed by atoms with Gasteiger partial charge in [-0.05, 0) is 55.5 Å². The number of aromatic nitrogens is 2. The van der Waals surface area contributed by atoms with E-state index in [-0.39, 0.29) is 5.91 Å². The van der Waals surface area contributed by atoms with Gasteiger partial charge in [-0.2, -0.15) is 0 Å². The lowest BCUT2D eigenvalue weighted by molar-refractivity contribution is 0.102. The zero-order valence-electron chi connectivity index (χ0n) is 13.6. The number of nitrogens with zero attached hydrogens (tertiary/aromatic N) is 2. The molecule has 1 heterocycles. The number of carbonyl (C=O) groups is 1. The maximum Gasteiger partial charge on any atom is 0.257 e. The number of aryl methyl sites for hydroxylation is 2. The molecule has 0 bridgehead atoms. The highest BCUT2D eigenvalue weighted by Gasteiger charge is 2.20. The standard InChI is InChI=1S/C20H19N3O/c1-14-13-23(16-9-3-2-4-10-16)22-19(14)21-20(24)18-12-6-8-15-7-5-11-17(15)18/h2-4,6,8-10,12-13H,5,7,11H2,1H3,(H,21,22,24). The number of anilines is 1. The molecule has 4 rings (SSSR count). The molecule has 2 aromatic carbocycles. The second-order valence-electron chi connectivity index (χ2n) is 6.19. The zero-order chi connectivity index (χ0) is 16.5. The molecule has 3 aromatic rings. The summed E-state index contributed by atoms with van der Waals surface area (Å²) in [7, 11) is 0. The van der Waals surface area contributed by atoms with Crippen molar-refractivity contribution in [3.63, 3.8) is 0 Å². The van der Waals surface area contributed by atoms with Crippen LogP contribution >= 0.6 is 0 Å². The van der Waals surface area contributed by atoms with E-state index >= 15 is 0 Å². The topological polar surface area (TPSA) is 46.9 Å². The SMILES string of the molecule is Cc1cn(-c2ccccc2)nc1NC(=O)c1cccc2c1CCC2. The molecule has 0 saturated carbocycles. The van der Waals surface area contributed by atoms with E-state index in [1.807, 2.05) is 55.6 Å². The first-order valence-corrected chi connectivity index (χ1v) is 8.26. The number of nitrogens with one attached hydrogen (secondary N) is 1. The van der Waals surface area contributed by atoms with Crippen LogP contribution in [0.1, 0.15) is 33.5 Å². The van der Waals surface area contributed by atoms with Crippen molar-refractivity contribution in [2.45, 2.75) is 26.2 Å². The van der Waals surface area contributed by atoms with Crippen LogP contribution in [0.2, 0.25) is 0 Å². The van der Waals surface area contributed by atoms with Crippen molar-refractivity contribution in [1.82, 2.24) is 9.78 Å². The van der Waals surface area contributed by atoms with Gasteiger partial charge in [0, 0.05) is 17.3 Å². The Morgan fingerprint density at radius 3 is 2.75 bits per heavy atom. The number of hydrogen-bond acceptors (Lipinski definition) is 2. The number of benzene rings is 2. The second-order valence-corrected chi connectivity index (χ2v) is 6.19. The number of amides is 1. The van der Waals surface area contributed by atoms with Crippen LogP contribution in [0.5, 0.6) is 0 Å². The first-order valence-electron chi connectivity index (χ1n) is 8.26. The number of rotatable bonds is 3. The van der Waals surface area contributed by atoms with Crippen LogP contribution in [0, 0.1) is 6.92 Å². The molecular formula is C20H19N3O. The summed E-state index contributed by atoms with van der Waals surface area (Å²) in [6.45, 7) is 1.96. The Morgan fingerprint density at radius 1 is 1.08 bits per heavy atom. The Balaban J connectivity index is 1.61. The highest BCUT2D eigenvalue weighted by Crippen LogP contribution is 2.26. The van der Waals surface area contributed by atoms with Gasteiger partial charge in [-0.15, -0.1) is 5.10 Å². The summed E-state index contributed by atoms with van der Waals surface area (Å²) in [5.74, 6) is 0.537. The van der Waals surface area contributed by atoms with Crippen molar-refractivity contribution in [1.29, 1.82) is 0 Å². The summed E-state index contributed by atoms with van der Waals surface area (Å²) < 4.78 is 1.79. The van der Waals surface area contributed by atoms with E-state index < -0.39 is 0 Å². The minimum Gasteiger partial charge on any atom is -0.305 e. The highest BCUT2D eigenvalue weighted by molar-refractivity contribution is 6.05. The molecule has 0 unspecified atom stereocenters. The predicted octanol–water partition coefficient (Wildman–Crippen LogP) is 3.92. The zero-order valence-corrected chi connectivity index (χ0v) is 13.6. The first kappa shape index (κ1) is 14.7. The molecule has 0 atom stereocenters. The van der Waals surface area contributed by atoms with Crippen LogP contribution in [0.4, 0.5) is 5.82 Å². The van der Waals surface area contributed by atoms with E-state index in [1.165, 1.54) is 11.1 Å². The molecular weight excluding hydrogens is 298 g/mol. The van der Waals surface area contributed by atoms with E-state index in [0.717, 1.165) is 36.1 Å². The summed E-state index contributed by atoms with van der Waals surface area (Å²) >= 11 is 0. The van der Waals surface area contributed by atoms with Crippen LogP contribution < -0.4 is 5.32 Å². The van der Waals surface area contributed by atoms with Gasteiger partial charge in [0.1, 0.15) is 0 Å². The fourth-order valence-corrected chi connectivity index (χ4v) is 3.30. The Labute approximate surface area is 141 Å². The van der Waals surface area contributed by atoms with E-state index in [9.17, 15) is 4.79 Å². The summed E-state index contributed by atoms with van der Waals surface area (Å²) in [6.07, 6.45) is 5.11. The van der Waals surface area contributed by atoms with Crippen LogP contribution in [0.3, 0.4) is 0 Å².